The molecule has 1 amide bonds. The molecule has 0 bridgehead atoms. The number of carbonyl (C=O) groups excluding carboxylic acids is 1. The summed E-state index contributed by atoms with van der Waals surface area (Å²) in [5, 5.41) is 3.42. The van der Waals surface area contributed by atoms with Crippen LogP contribution in [-0.4, -0.2) is 35.8 Å². The van der Waals surface area contributed by atoms with Gasteiger partial charge < -0.3 is 19.4 Å². The van der Waals surface area contributed by atoms with Gasteiger partial charge in [-0.25, -0.2) is 4.98 Å². The van der Waals surface area contributed by atoms with E-state index in [0.717, 1.165) is 28.2 Å². The van der Waals surface area contributed by atoms with E-state index in [-0.39, 0.29) is 23.9 Å². The zero-order valence-electron chi connectivity index (χ0n) is 20.3. The Morgan fingerprint density at radius 3 is 2.33 bits per heavy atom. The number of para-hydroxylation sites is 2. The maximum atomic E-state index is 14.0. The second-order valence-electron chi connectivity index (χ2n) is 9.54. The minimum Gasteiger partial charge on any atom is -0.497 e. The smallest absolute Gasteiger partial charge is 0.231 e. The van der Waals surface area contributed by atoms with E-state index in [2.05, 4.69) is 43.6 Å². The number of carbonyl (C=O) groups is 1. The molecule has 6 nitrogen and oxygen atoms in total. The van der Waals surface area contributed by atoms with Gasteiger partial charge in [0.15, 0.2) is 0 Å². The highest BCUT2D eigenvalue weighted by atomic mass is 16.5. The molecule has 0 aliphatic carbocycles. The standard InChI is InChI=1S/C27H35N3O3/c1-18(2)24(25-28-22-8-6-7-9-23(22)30(25)19(3)4)29-26(31)27(14-16-33-17-15-27)20-10-12-21(32-5)13-11-20/h6-13,18-19,24H,14-17H2,1-5H3,(H,29,31)/t24-/m0/s1. The molecule has 33 heavy (non-hydrogen) atoms. The maximum absolute atomic E-state index is 14.0. The molecule has 4 rings (SSSR count). The molecular formula is C27H35N3O3. The molecule has 2 aromatic carbocycles. The summed E-state index contributed by atoms with van der Waals surface area (Å²) in [4.78, 5) is 19.0. The molecule has 1 aliphatic heterocycles. The monoisotopic (exact) mass is 449 g/mol. The summed E-state index contributed by atoms with van der Waals surface area (Å²) in [5.41, 5.74) is 2.42. The van der Waals surface area contributed by atoms with Crippen LogP contribution in [0.1, 0.15) is 64.0 Å². The van der Waals surface area contributed by atoms with Gasteiger partial charge in [0.2, 0.25) is 5.91 Å². The van der Waals surface area contributed by atoms with Gasteiger partial charge in [0.05, 0.1) is 29.6 Å². The molecule has 0 unspecified atom stereocenters. The van der Waals surface area contributed by atoms with Crippen molar-refractivity contribution < 1.29 is 14.3 Å². The van der Waals surface area contributed by atoms with Gasteiger partial charge in [-0.2, -0.15) is 0 Å². The van der Waals surface area contributed by atoms with Crippen molar-refractivity contribution >= 4 is 16.9 Å². The van der Waals surface area contributed by atoms with E-state index < -0.39 is 5.41 Å². The molecule has 1 N–H and O–H groups in total. The fourth-order valence-corrected chi connectivity index (χ4v) is 4.91. The fourth-order valence-electron chi connectivity index (χ4n) is 4.91. The number of hydrogen-bond donors (Lipinski definition) is 1. The van der Waals surface area contributed by atoms with Crippen LogP contribution < -0.4 is 10.1 Å². The van der Waals surface area contributed by atoms with Crippen molar-refractivity contribution in [2.45, 2.75) is 58.0 Å². The molecule has 0 radical (unpaired) electrons. The molecule has 0 saturated carbocycles. The van der Waals surface area contributed by atoms with Crippen molar-refractivity contribution in [2.24, 2.45) is 5.92 Å². The fraction of sp³-hybridized carbons (Fsp3) is 0.481. The zero-order chi connectivity index (χ0) is 23.6. The maximum Gasteiger partial charge on any atom is 0.231 e. The van der Waals surface area contributed by atoms with Gasteiger partial charge in [0.1, 0.15) is 11.6 Å². The number of benzene rings is 2. The molecule has 1 aliphatic rings. The van der Waals surface area contributed by atoms with Gasteiger partial charge >= 0.3 is 0 Å². The van der Waals surface area contributed by atoms with Crippen LogP contribution >= 0.6 is 0 Å². The highest BCUT2D eigenvalue weighted by Crippen LogP contribution is 2.38. The van der Waals surface area contributed by atoms with Crippen LogP contribution in [0.15, 0.2) is 48.5 Å². The van der Waals surface area contributed by atoms with E-state index in [0.29, 0.717) is 26.1 Å². The lowest BCUT2D eigenvalue weighted by Gasteiger charge is -2.38. The third kappa shape index (κ3) is 4.36. The van der Waals surface area contributed by atoms with Crippen molar-refractivity contribution in [2.75, 3.05) is 20.3 Å². The zero-order valence-corrected chi connectivity index (χ0v) is 20.3. The van der Waals surface area contributed by atoms with Gasteiger partial charge in [0.25, 0.3) is 0 Å². The minimum absolute atomic E-state index is 0.0389. The third-order valence-corrected chi connectivity index (χ3v) is 6.79. The summed E-state index contributed by atoms with van der Waals surface area (Å²) < 4.78 is 13.2. The SMILES string of the molecule is COc1ccc(C2(C(=O)N[C@H](c3nc4ccccc4n3C(C)C)C(C)C)CCOCC2)cc1. The number of amides is 1. The Hall–Kier alpha value is -2.86. The number of methoxy groups -OCH3 is 1. The minimum atomic E-state index is -0.633. The number of nitrogens with one attached hydrogen (secondary N) is 1. The van der Waals surface area contributed by atoms with E-state index >= 15 is 0 Å². The second kappa shape index (κ2) is 9.56. The predicted octanol–water partition coefficient (Wildman–Crippen LogP) is 5.19. The van der Waals surface area contributed by atoms with Crippen LogP contribution in [0.3, 0.4) is 0 Å². The van der Waals surface area contributed by atoms with Crippen molar-refractivity contribution in [3.05, 3.63) is 59.9 Å². The lowest BCUT2D eigenvalue weighted by atomic mass is 9.73. The molecule has 1 aromatic heterocycles. The predicted molar refractivity (Wildman–Crippen MR) is 131 cm³/mol. The van der Waals surface area contributed by atoms with Crippen molar-refractivity contribution in [1.82, 2.24) is 14.9 Å². The molecule has 0 spiro atoms. The molecule has 1 fully saturated rings. The molecule has 3 aromatic rings. The number of hydrogen-bond acceptors (Lipinski definition) is 4. The van der Waals surface area contributed by atoms with Crippen LogP contribution in [0, 0.1) is 5.92 Å². The van der Waals surface area contributed by atoms with Gasteiger partial charge in [-0.15, -0.1) is 0 Å². The van der Waals surface area contributed by atoms with Crippen LogP contribution in [0.25, 0.3) is 11.0 Å². The summed E-state index contributed by atoms with van der Waals surface area (Å²) in [7, 11) is 1.65. The van der Waals surface area contributed by atoms with E-state index in [1.807, 2.05) is 42.5 Å². The number of ether oxygens (including phenoxy) is 2. The van der Waals surface area contributed by atoms with Crippen LogP contribution in [0.5, 0.6) is 5.75 Å². The average Bonchev–Trinajstić information content (AvgIpc) is 3.22. The summed E-state index contributed by atoms with van der Waals surface area (Å²) in [6.45, 7) is 9.73. The molecular weight excluding hydrogens is 414 g/mol. The average molecular weight is 450 g/mol. The highest BCUT2D eigenvalue weighted by Gasteiger charge is 2.43. The van der Waals surface area contributed by atoms with E-state index in [1.54, 1.807) is 7.11 Å². The summed E-state index contributed by atoms with van der Waals surface area (Å²) in [5.74, 6) is 1.91. The third-order valence-electron chi connectivity index (χ3n) is 6.79. The first-order valence-electron chi connectivity index (χ1n) is 11.9. The largest absolute Gasteiger partial charge is 0.497 e. The van der Waals surface area contributed by atoms with Crippen LogP contribution in [0.2, 0.25) is 0 Å². The number of aromatic nitrogens is 2. The van der Waals surface area contributed by atoms with Gasteiger partial charge in [-0.1, -0.05) is 38.1 Å². The van der Waals surface area contributed by atoms with Crippen LogP contribution in [-0.2, 0) is 14.9 Å². The van der Waals surface area contributed by atoms with Gasteiger partial charge in [-0.05, 0) is 62.4 Å². The van der Waals surface area contributed by atoms with Gasteiger partial charge in [0, 0.05) is 19.3 Å². The van der Waals surface area contributed by atoms with E-state index in [4.69, 9.17) is 14.5 Å². The Morgan fingerprint density at radius 1 is 1.06 bits per heavy atom. The van der Waals surface area contributed by atoms with Gasteiger partial charge in [-0.3, -0.25) is 4.79 Å². The Morgan fingerprint density at radius 2 is 1.73 bits per heavy atom. The summed E-state index contributed by atoms with van der Waals surface area (Å²) in [6.07, 6.45) is 1.30. The summed E-state index contributed by atoms with van der Waals surface area (Å²) in [6, 6.07) is 16.1. The first kappa shape index (κ1) is 23.3. The molecule has 176 valence electrons. The number of nitrogens with zero attached hydrogens (tertiary/aromatic N) is 2. The van der Waals surface area contributed by atoms with Crippen molar-refractivity contribution in [1.29, 1.82) is 0 Å². The Labute approximate surface area is 196 Å². The summed E-state index contributed by atoms with van der Waals surface area (Å²) >= 11 is 0. The van der Waals surface area contributed by atoms with Crippen LogP contribution in [0.4, 0.5) is 0 Å². The van der Waals surface area contributed by atoms with Crippen molar-refractivity contribution in [3.8, 4) is 5.75 Å². The number of imidazole rings is 1. The first-order valence-corrected chi connectivity index (χ1v) is 11.9. The lowest BCUT2D eigenvalue weighted by Crippen LogP contribution is -2.50. The number of rotatable bonds is 7. The topological polar surface area (TPSA) is 65.4 Å². The molecule has 6 heteroatoms. The normalized spacial score (nSPS) is 16.8. The Bertz CT molecular complexity index is 1100. The second-order valence-corrected chi connectivity index (χ2v) is 9.54. The molecule has 2 heterocycles. The lowest BCUT2D eigenvalue weighted by molar-refractivity contribution is -0.131. The quantitative estimate of drug-likeness (QED) is 0.539. The van der Waals surface area contributed by atoms with Crippen molar-refractivity contribution in [3.63, 3.8) is 0 Å². The molecule has 1 saturated heterocycles. The number of fused-ring (bicyclic) bond motifs is 1. The molecule has 1 atom stereocenters. The first-order chi connectivity index (χ1) is 15.9. The van der Waals surface area contributed by atoms with E-state index in [1.165, 1.54) is 0 Å². The Kier molecular flexibility index (Phi) is 6.75. The Balaban J connectivity index is 1.73. The highest BCUT2D eigenvalue weighted by molar-refractivity contribution is 5.89. The van der Waals surface area contributed by atoms with E-state index in [9.17, 15) is 4.79 Å².